The van der Waals surface area contributed by atoms with Crippen molar-refractivity contribution in [2.24, 2.45) is 11.3 Å². The van der Waals surface area contributed by atoms with Crippen molar-refractivity contribution in [3.05, 3.63) is 48.5 Å². The van der Waals surface area contributed by atoms with Crippen LogP contribution in [0, 0.1) is 11.3 Å². The summed E-state index contributed by atoms with van der Waals surface area (Å²) in [7, 11) is 0. The Morgan fingerprint density at radius 2 is 1.60 bits per heavy atom. The second-order valence-electron chi connectivity index (χ2n) is 9.31. The van der Waals surface area contributed by atoms with Crippen molar-refractivity contribution in [2.75, 3.05) is 37.7 Å². The van der Waals surface area contributed by atoms with Crippen LogP contribution in [-0.2, 0) is 25.7 Å². The number of carboxylic acid groups (broad SMARTS) is 2. The van der Waals surface area contributed by atoms with Gasteiger partial charge in [0.2, 0.25) is 5.95 Å². The Balaban J connectivity index is 0.000000367. The van der Waals surface area contributed by atoms with Gasteiger partial charge in [0.05, 0.1) is 12.0 Å². The average Bonchev–Trinajstić information content (AvgIpc) is 3.19. The predicted molar refractivity (Wildman–Crippen MR) is 133 cm³/mol. The zero-order valence-corrected chi connectivity index (χ0v) is 22.3. The molecule has 2 atom stereocenters. The number of esters is 1. The number of alkyl halides is 6. The summed E-state index contributed by atoms with van der Waals surface area (Å²) in [5, 5.41) is 14.2. The van der Waals surface area contributed by atoms with E-state index in [0.29, 0.717) is 19.1 Å². The Kier molecular flexibility index (Phi) is 12.0. The number of pyridine rings is 1. The molecular formula is C25H29F6N5O6. The van der Waals surface area contributed by atoms with Crippen LogP contribution >= 0.6 is 0 Å². The number of rotatable bonds is 5. The highest BCUT2D eigenvalue weighted by atomic mass is 19.4. The molecule has 17 heteroatoms. The minimum atomic E-state index is -5.08. The number of ether oxygens (including phenoxy) is 1. The summed E-state index contributed by atoms with van der Waals surface area (Å²) in [5.74, 6) is -4.70. The van der Waals surface area contributed by atoms with Crippen molar-refractivity contribution in [2.45, 2.75) is 38.7 Å². The van der Waals surface area contributed by atoms with Gasteiger partial charge in [0.15, 0.2) is 0 Å². The van der Waals surface area contributed by atoms with Gasteiger partial charge in [-0.2, -0.15) is 26.3 Å². The number of carboxylic acids is 2. The smallest absolute Gasteiger partial charge is 0.475 e. The lowest BCUT2D eigenvalue weighted by Crippen LogP contribution is -2.42. The predicted octanol–water partition coefficient (Wildman–Crippen LogP) is 3.42. The van der Waals surface area contributed by atoms with Gasteiger partial charge in [0.1, 0.15) is 0 Å². The lowest BCUT2D eigenvalue weighted by Gasteiger charge is -2.31. The zero-order chi connectivity index (χ0) is 31.6. The lowest BCUT2D eigenvalue weighted by molar-refractivity contribution is -0.193. The molecule has 2 aliphatic heterocycles. The van der Waals surface area contributed by atoms with Gasteiger partial charge in [-0.25, -0.2) is 19.6 Å². The molecule has 0 unspecified atom stereocenters. The molecule has 2 saturated heterocycles. The third-order valence-electron chi connectivity index (χ3n) is 6.40. The number of likely N-dealkylation sites (tertiary alicyclic amines) is 1. The van der Waals surface area contributed by atoms with Gasteiger partial charge in [-0.1, -0.05) is 6.07 Å². The molecule has 0 amide bonds. The van der Waals surface area contributed by atoms with Gasteiger partial charge >= 0.3 is 30.3 Å². The fraction of sp³-hybridized carbons (Fsp3) is 0.520. The van der Waals surface area contributed by atoms with Crippen LogP contribution in [0.3, 0.4) is 0 Å². The van der Waals surface area contributed by atoms with E-state index in [1.165, 1.54) is 5.56 Å². The number of anilines is 1. The largest absolute Gasteiger partial charge is 0.490 e. The van der Waals surface area contributed by atoms with Gasteiger partial charge in [-0.3, -0.25) is 14.7 Å². The van der Waals surface area contributed by atoms with E-state index in [-0.39, 0.29) is 11.9 Å². The molecule has 4 heterocycles. The summed E-state index contributed by atoms with van der Waals surface area (Å²) in [4.78, 5) is 48.5. The maximum atomic E-state index is 13.1. The number of carbonyl (C=O) groups excluding carboxylic acids is 1. The van der Waals surface area contributed by atoms with Crippen LogP contribution in [0.4, 0.5) is 32.3 Å². The highest BCUT2D eigenvalue weighted by molar-refractivity contribution is 5.79. The molecule has 0 spiro atoms. The first-order valence-corrected chi connectivity index (χ1v) is 12.5. The number of nitrogens with zero attached hydrogens (tertiary/aromatic N) is 5. The molecule has 4 rings (SSSR count). The summed E-state index contributed by atoms with van der Waals surface area (Å²) in [6.45, 7) is 6.38. The van der Waals surface area contributed by atoms with E-state index in [9.17, 15) is 31.1 Å². The van der Waals surface area contributed by atoms with Gasteiger partial charge in [0, 0.05) is 56.9 Å². The summed E-state index contributed by atoms with van der Waals surface area (Å²) >= 11 is 0. The van der Waals surface area contributed by atoms with Crippen LogP contribution in [0.15, 0.2) is 43.0 Å². The van der Waals surface area contributed by atoms with Crippen LogP contribution in [0.2, 0.25) is 0 Å². The van der Waals surface area contributed by atoms with Crippen molar-refractivity contribution in [1.82, 2.24) is 19.9 Å². The Morgan fingerprint density at radius 1 is 1.00 bits per heavy atom. The SMILES string of the molecule is CCOC(=O)[C@]12CCCN(Cc3cccnc3)C[C@H]1CN(c1ncccn1)C2.O=C(O)C(F)(F)F.O=C(O)C(F)(F)F. The maximum absolute atomic E-state index is 13.1. The van der Waals surface area contributed by atoms with Gasteiger partial charge in [-0.05, 0) is 44.0 Å². The molecular weight excluding hydrogens is 580 g/mol. The van der Waals surface area contributed by atoms with Crippen molar-refractivity contribution >= 4 is 23.9 Å². The first-order chi connectivity index (χ1) is 19.6. The van der Waals surface area contributed by atoms with Crippen LogP contribution in [0.5, 0.6) is 0 Å². The first-order valence-electron chi connectivity index (χ1n) is 12.5. The number of carbonyl (C=O) groups is 3. The summed E-state index contributed by atoms with van der Waals surface area (Å²) in [6.07, 6.45) is -1.14. The van der Waals surface area contributed by atoms with Crippen molar-refractivity contribution < 1.29 is 55.7 Å². The molecule has 42 heavy (non-hydrogen) atoms. The second kappa shape index (κ2) is 14.7. The van der Waals surface area contributed by atoms with Crippen LogP contribution in [-0.4, -0.2) is 93.1 Å². The van der Waals surface area contributed by atoms with E-state index in [1.54, 1.807) is 18.6 Å². The molecule has 0 bridgehead atoms. The number of hydrogen-bond acceptors (Lipinski definition) is 9. The summed E-state index contributed by atoms with van der Waals surface area (Å²) in [5.41, 5.74) is 0.714. The molecule has 0 aliphatic carbocycles. The fourth-order valence-electron chi connectivity index (χ4n) is 4.62. The molecule has 0 aromatic carbocycles. The van der Waals surface area contributed by atoms with E-state index in [1.807, 2.05) is 25.3 Å². The minimum absolute atomic E-state index is 0.0679. The molecule has 2 aromatic heterocycles. The molecule has 2 N–H and O–H groups in total. The molecule has 11 nitrogen and oxygen atoms in total. The number of aliphatic carboxylic acids is 2. The standard InChI is InChI=1S/C21H27N5O2.2C2HF3O2/c1-2-28-19(27)21-7-4-11-25(13-17-6-3-8-22-12-17)14-18(21)15-26(16-21)20-23-9-5-10-24-20;2*3-2(4,5)1(6)7/h3,5-6,8-10,12,18H,2,4,7,11,13-16H2,1H3;2*(H,6,7)/t18-,21-;;/m0../s1. The van der Waals surface area contributed by atoms with Gasteiger partial charge < -0.3 is 19.8 Å². The normalized spacial score (nSPS) is 20.5. The first kappa shape index (κ1) is 34.2. The number of aromatic nitrogens is 3. The zero-order valence-electron chi connectivity index (χ0n) is 22.3. The fourth-order valence-corrected chi connectivity index (χ4v) is 4.62. The number of fused-ring (bicyclic) bond motifs is 1. The Labute approximate surface area is 236 Å². The van der Waals surface area contributed by atoms with Crippen LogP contribution in [0.1, 0.15) is 25.3 Å². The lowest BCUT2D eigenvalue weighted by atomic mass is 9.75. The Hall–Kier alpha value is -4.02. The third kappa shape index (κ3) is 9.81. The van der Waals surface area contributed by atoms with E-state index in [0.717, 1.165) is 39.0 Å². The quantitative estimate of drug-likeness (QED) is 0.380. The topological polar surface area (TPSA) is 146 Å². The summed E-state index contributed by atoms with van der Waals surface area (Å²) in [6, 6.07) is 5.89. The van der Waals surface area contributed by atoms with E-state index >= 15 is 0 Å². The minimum Gasteiger partial charge on any atom is -0.475 e. The molecule has 0 radical (unpaired) electrons. The van der Waals surface area contributed by atoms with E-state index in [4.69, 9.17) is 24.5 Å². The third-order valence-corrected chi connectivity index (χ3v) is 6.40. The van der Waals surface area contributed by atoms with Crippen molar-refractivity contribution in [1.29, 1.82) is 0 Å². The average molecular weight is 610 g/mol. The molecule has 2 aliphatic rings. The number of hydrogen-bond donors (Lipinski definition) is 2. The summed E-state index contributed by atoms with van der Waals surface area (Å²) < 4.78 is 69.0. The second-order valence-corrected chi connectivity index (χ2v) is 9.31. The highest BCUT2D eigenvalue weighted by Crippen LogP contribution is 2.44. The molecule has 2 aromatic rings. The van der Waals surface area contributed by atoms with Gasteiger partial charge in [-0.15, -0.1) is 0 Å². The Bertz CT molecular complexity index is 1150. The van der Waals surface area contributed by atoms with Gasteiger partial charge in [0.25, 0.3) is 0 Å². The van der Waals surface area contributed by atoms with Crippen LogP contribution < -0.4 is 4.90 Å². The van der Waals surface area contributed by atoms with Crippen molar-refractivity contribution in [3.8, 4) is 0 Å². The monoisotopic (exact) mass is 609 g/mol. The van der Waals surface area contributed by atoms with Crippen molar-refractivity contribution in [3.63, 3.8) is 0 Å². The maximum Gasteiger partial charge on any atom is 0.490 e. The van der Waals surface area contributed by atoms with E-state index in [2.05, 4.69) is 30.8 Å². The Morgan fingerprint density at radius 3 is 2.10 bits per heavy atom. The van der Waals surface area contributed by atoms with E-state index < -0.39 is 29.7 Å². The molecule has 0 saturated carbocycles. The molecule has 2 fully saturated rings. The molecule has 232 valence electrons. The van der Waals surface area contributed by atoms with Crippen LogP contribution in [0.25, 0.3) is 0 Å². The highest BCUT2D eigenvalue weighted by Gasteiger charge is 2.54. The number of halogens is 6.